The molecule has 0 saturated carbocycles. The van der Waals surface area contributed by atoms with Gasteiger partial charge in [0.25, 0.3) is 5.91 Å². The normalized spacial score (nSPS) is 18.3. The maximum atomic E-state index is 13.2. The summed E-state index contributed by atoms with van der Waals surface area (Å²) in [6, 6.07) is 12.5. The Balaban J connectivity index is 2.23. The zero-order valence-corrected chi connectivity index (χ0v) is 13.5. The van der Waals surface area contributed by atoms with Crippen molar-refractivity contribution in [2.45, 2.75) is 6.04 Å². The van der Waals surface area contributed by atoms with Crippen molar-refractivity contribution >= 4 is 21.4 Å². The topological polar surface area (TPSA) is 74.7 Å². The molecule has 5 nitrogen and oxygen atoms in total. The van der Waals surface area contributed by atoms with Crippen molar-refractivity contribution in [1.82, 2.24) is 0 Å². The van der Waals surface area contributed by atoms with Crippen LogP contribution >= 0.6 is 0 Å². The first-order valence-corrected chi connectivity index (χ1v) is 8.97. The van der Waals surface area contributed by atoms with E-state index >= 15 is 0 Å². The van der Waals surface area contributed by atoms with E-state index in [1.54, 1.807) is 30.3 Å². The van der Waals surface area contributed by atoms with Crippen LogP contribution in [0.5, 0.6) is 0 Å². The van der Waals surface area contributed by atoms with Crippen LogP contribution in [0.15, 0.2) is 65.3 Å². The molecular weight excluding hydrogens is 333 g/mol. The van der Waals surface area contributed by atoms with Crippen molar-refractivity contribution in [3.8, 4) is 0 Å². The highest BCUT2D eigenvalue weighted by Gasteiger charge is 2.45. The van der Waals surface area contributed by atoms with Crippen LogP contribution in [0.1, 0.15) is 11.6 Å². The van der Waals surface area contributed by atoms with E-state index in [4.69, 9.17) is 0 Å². The lowest BCUT2D eigenvalue weighted by Crippen LogP contribution is -2.30. The average molecular weight is 347 g/mol. The van der Waals surface area contributed by atoms with Crippen molar-refractivity contribution in [1.29, 1.82) is 0 Å². The monoisotopic (exact) mass is 347 g/mol. The lowest BCUT2D eigenvalue weighted by atomic mass is 10.1. The second-order valence-electron chi connectivity index (χ2n) is 5.45. The number of carbonyl (C=O) groups is 1. The van der Waals surface area contributed by atoms with Gasteiger partial charge in [0, 0.05) is 11.9 Å². The molecular formula is C17H14FNO4S. The third kappa shape index (κ3) is 2.67. The summed E-state index contributed by atoms with van der Waals surface area (Å²) in [7, 11) is -3.86. The summed E-state index contributed by atoms with van der Waals surface area (Å²) in [5.41, 5.74) is 0.820. The number of aliphatic hydroxyl groups excluding tert-OH is 1. The van der Waals surface area contributed by atoms with Crippen molar-refractivity contribution in [3.63, 3.8) is 0 Å². The SMILES string of the molecule is CS(=O)(=O)C1=C(O)C(=O)N(c2ccccc2)C1c1ccc(F)cc1. The molecule has 0 aromatic heterocycles. The standard InChI is InChI=1S/C17H14FNO4S/c1-24(22,23)16-14(11-7-9-12(18)10-8-11)19(17(21)15(16)20)13-5-3-2-4-6-13/h2-10,14,20H,1H3. The Morgan fingerprint density at radius 3 is 2.17 bits per heavy atom. The largest absolute Gasteiger partial charge is 0.502 e. The van der Waals surface area contributed by atoms with E-state index in [2.05, 4.69) is 0 Å². The van der Waals surface area contributed by atoms with Crippen LogP contribution in [0.25, 0.3) is 0 Å². The van der Waals surface area contributed by atoms with Gasteiger partial charge in [0.2, 0.25) is 0 Å². The summed E-state index contributed by atoms with van der Waals surface area (Å²) in [6.07, 6.45) is 0.927. The Morgan fingerprint density at radius 2 is 1.62 bits per heavy atom. The number of halogens is 1. The van der Waals surface area contributed by atoms with E-state index in [0.29, 0.717) is 11.3 Å². The number of carbonyl (C=O) groups excluding carboxylic acids is 1. The Labute approximate surface area is 138 Å². The van der Waals surface area contributed by atoms with Crippen molar-refractivity contribution < 1.29 is 22.7 Å². The maximum absolute atomic E-state index is 13.2. The minimum absolute atomic E-state index is 0.386. The van der Waals surface area contributed by atoms with E-state index in [9.17, 15) is 22.7 Å². The molecule has 3 rings (SSSR count). The molecule has 0 bridgehead atoms. The van der Waals surface area contributed by atoms with E-state index < -0.39 is 33.4 Å². The lowest BCUT2D eigenvalue weighted by molar-refractivity contribution is -0.117. The van der Waals surface area contributed by atoms with Crippen molar-refractivity contribution in [2.75, 3.05) is 11.2 Å². The maximum Gasteiger partial charge on any atom is 0.295 e. The smallest absolute Gasteiger partial charge is 0.295 e. The van der Waals surface area contributed by atoms with Gasteiger partial charge in [0.05, 0.1) is 0 Å². The van der Waals surface area contributed by atoms with Crippen LogP contribution in [0, 0.1) is 5.82 Å². The molecule has 7 heteroatoms. The molecule has 1 atom stereocenters. The number of amides is 1. The Hall–Kier alpha value is -2.67. The van der Waals surface area contributed by atoms with Gasteiger partial charge in [0.1, 0.15) is 16.8 Å². The molecule has 2 aromatic rings. The van der Waals surface area contributed by atoms with Crippen LogP contribution in [-0.2, 0) is 14.6 Å². The predicted molar refractivity (Wildman–Crippen MR) is 87.6 cm³/mol. The molecule has 1 aliphatic rings. The Kier molecular flexibility index (Phi) is 3.88. The number of nitrogens with zero attached hydrogens (tertiary/aromatic N) is 1. The predicted octanol–water partition coefficient (Wildman–Crippen LogP) is 2.73. The number of rotatable bonds is 3. The Morgan fingerprint density at radius 1 is 1.04 bits per heavy atom. The van der Waals surface area contributed by atoms with Gasteiger partial charge in [0.15, 0.2) is 15.6 Å². The minimum atomic E-state index is -3.86. The number of aliphatic hydroxyl groups is 1. The number of anilines is 1. The summed E-state index contributed by atoms with van der Waals surface area (Å²) in [5, 5.41) is 10.1. The first kappa shape index (κ1) is 16.2. The van der Waals surface area contributed by atoms with E-state index in [1.165, 1.54) is 29.2 Å². The molecule has 2 aromatic carbocycles. The third-order valence-electron chi connectivity index (χ3n) is 3.78. The summed E-state index contributed by atoms with van der Waals surface area (Å²) in [6.45, 7) is 0. The first-order chi connectivity index (χ1) is 11.3. The third-order valence-corrected chi connectivity index (χ3v) is 5.00. The molecule has 124 valence electrons. The highest BCUT2D eigenvalue weighted by molar-refractivity contribution is 7.94. The van der Waals surface area contributed by atoms with Gasteiger partial charge in [-0.1, -0.05) is 30.3 Å². The summed E-state index contributed by atoms with van der Waals surface area (Å²) in [4.78, 5) is 13.3. The lowest BCUT2D eigenvalue weighted by Gasteiger charge is -2.26. The second-order valence-corrected chi connectivity index (χ2v) is 7.43. The zero-order valence-electron chi connectivity index (χ0n) is 12.7. The fourth-order valence-electron chi connectivity index (χ4n) is 2.76. The summed E-state index contributed by atoms with van der Waals surface area (Å²) >= 11 is 0. The van der Waals surface area contributed by atoms with Gasteiger partial charge < -0.3 is 5.11 Å². The molecule has 0 saturated heterocycles. The fourth-order valence-corrected chi connectivity index (χ4v) is 3.85. The molecule has 1 aliphatic heterocycles. The fraction of sp³-hybridized carbons (Fsp3) is 0.118. The quantitative estimate of drug-likeness (QED) is 0.926. The van der Waals surface area contributed by atoms with E-state index in [1.807, 2.05) is 0 Å². The molecule has 1 N–H and O–H groups in total. The zero-order chi connectivity index (χ0) is 17.5. The van der Waals surface area contributed by atoms with Crippen molar-refractivity contribution in [2.24, 2.45) is 0 Å². The van der Waals surface area contributed by atoms with Gasteiger partial charge in [-0.05, 0) is 29.8 Å². The number of benzene rings is 2. The van der Waals surface area contributed by atoms with Gasteiger partial charge in [-0.2, -0.15) is 0 Å². The van der Waals surface area contributed by atoms with Crippen LogP contribution in [0.2, 0.25) is 0 Å². The molecule has 0 radical (unpaired) electrons. The van der Waals surface area contributed by atoms with Crippen LogP contribution < -0.4 is 4.90 Å². The molecule has 1 amide bonds. The van der Waals surface area contributed by atoms with Crippen LogP contribution in [0.4, 0.5) is 10.1 Å². The van der Waals surface area contributed by atoms with Gasteiger partial charge in [-0.3, -0.25) is 9.69 Å². The van der Waals surface area contributed by atoms with E-state index in [-0.39, 0.29) is 4.91 Å². The van der Waals surface area contributed by atoms with Gasteiger partial charge >= 0.3 is 0 Å². The Bertz CT molecular complexity index is 921. The van der Waals surface area contributed by atoms with Gasteiger partial charge in [-0.15, -0.1) is 0 Å². The summed E-state index contributed by atoms with van der Waals surface area (Å²) in [5.74, 6) is -2.10. The minimum Gasteiger partial charge on any atom is -0.502 e. The van der Waals surface area contributed by atoms with Crippen LogP contribution in [0.3, 0.4) is 0 Å². The van der Waals surface area contributed by atoms with Gasteiger partial charge in [-0.25, -0.2) is 12.8 Å². The average Bonchev–Trinajstić information content (AvgIpc) is 2.81. The van der Waals surface area contributed by atoms with Crippen molar-refractivity contribution in [3.05, 3.63) is 76.6 Å². The molecule has 0 fully saturated rings. The highest BCUT2D eigenvalue weighted by atomic mass is 32.2. The number of sulfone groups is 1. The van der Waals surface area contributed by atoms with E-state index in [0.717, 1.165) is 6.26 Å². The number of hydrogen-bond acceptors (Lipinski definition) is 4. The molecule has 24 heavy (non-hydrogen) atoms. The first-order valence-electron chi connectivity index (χ1n) is 7.08. The molecule has 0 aliphatic carbocycles. The highest BCUT2D eigenvalue weighted by Crippen LogP contribution is 2.42. The van der Waals surface area contributed by atoms with Crippen LogP contribution in [-0.4, -0.2) is 25.7 Å². The summed E-state index contributed by atoms with van der Waals surface area (Å²) < 4.78 is 37.5. The molecule has 1 heterocycles. The molecule has 0 spiro atoms. The molecule has 1 unspecified atom stereocenters. The number of para-hydroxylation sites is 1. The number of hydrogen-bond donors (Lipinski definition) is 1. The second kappa shape index (κ2) is 5.76.